The first-order valence-electron chi connectivity index (χ1n) is 10.5. The van der Waals surface area contributed by atoms with Crippen LogP contribution in [0.15, 0.2) is 24.3 Å². The summed E-state index contributed by atoms with van der Waals surface area (Å²) in [4.78, 5) is 62.0. The van der Waals surface area contributed by atoms with Crippen molar-refractivity contribution in [1.29, 1.82) is 0 Å². The first-order valence-corrected chi connectivity index (χ1v) is 10.5. The predicted molar refractivity (Wildman–Crippen MR) is 115 cm³/mol. The van der Waals surface area contributed by atoms with Crippen molar-refractivity contribution in [2.75, 3.05) is 13.2 Å². The highest BCUT2D eigenvalue weighted by atomic mass is 16.4. The molecule has 1 aromatic rings. The SMILES string of the molecule is NC(CO)C(=O)NC(Cc1ccc(O)cc1)C(=O)NC(CC(=O)O)C(=O)N1CCCC1C(=O)O. The Hall–Kier alpha value is -3.71. The van der Waals surface area contributed by atoms with Gasteiger partial charge in [0.15, 0.2) is 0 Å². The van der Waals surface area contributed by atoms with Gasteiger partial charge >= 0.3 is 11.9 Å². The molecule has 34 heavy (non-hydrogen) atoms. The fourth-order valence-electron chi connectivity index (χ4n) is 3.57. The molecule has 1 aliphatic heterocycles. The number of carbonyl (C=O) groups is 5. The topological polar surface area (TPSA) is 220 Å². The molecule has 13 nitrogen and oxygen atoms in total. The number of aliphatic hydroxyl groups is 1. The standard InChI is InChI=1S/C21H28N4O9/c22-13(10-26)18(30)23-14(8-11-3-5-12(27)6-4-11)19(31)24-15(9-17(28)29)20(32)25-7-1-2-16(25)21(33)34/h3-6,13-16,26-27H,1-2,7-10,22H2,(H,23,30)(H,24,31)(H,28,29)(H,33,34). The second-order valence-corrected chi connectivity index (χ2v) is 7.91. The van der Waals surface area contributed by atoms with Crippen molar-refractivity contribution in [3.8, 4) is 5.75 Å². The number of carboxylic acid groups (broad SMARTS) is 2. The third-order valence-corrected chi connectivity index (χ3v) is 5.36. The van der Waals surface area contributed by atoms with Crippen LogP contribution < -0.4 is 16.4 Å². The summed E-state index contributed by atoms with van der Waals surface area (Å²) in [5, 5.41) is 41.8. The van der Waals surface area contributed by atoms with E-state index in [0.29, 0.717) is 12.0 Å². The van der Waals surface area contributed by atoms with Crippen LogP contribution in [0.1, 0.15) is 24.8 Å². The van der Waals surface area contributed by atoms with Gasteiger partial charge in [-0.1, -0.05) is 12.1 Å². The van der Waals surface area contributed by atoms with Gasteiger partial charge in [0.2, 0.25) is 17.7 Å². The number of carbonyl (C=O) groups excluding carboxylic acids is 3. The number of rotatable bonds is 11. The van der Waals surface area contributed by atoms with E-state index in [2.05, 4.69) is 10.6 Å². The molecule has 4 atom stereocenters. The van der Waals surface area contributed by atoms with Gasteiger partial charge in [-0.3, -0.25) is 19.2 Å². The number of phenolic OH excluding ortho intramolecular Hbond substituents is 1. The Kier molecular flexibility index (Phi) is 9.33. The van der Waals surface area contributed by atoms with Gasteiger partial charge in [0.05, 0.1) is 13.0 Å². The zero-order valence-corrected chi connectivity index (χ0v) is 18.2. The summed E-state index contributed by atoms with van der Waals surface area (Å²) in [5.74, 6) is -5.28. The number of benzene rings is 1. The maximum absolute atomic E-state index is 13.0. The van der Waals surface area contributed by atoms with Gasteiger partial charge in [0.25, 0.3) is 0 Å². The molecule has 4 unspecified atom stereocenters. The van der Waals surface area contributed by atoms with E-state index in [9.17, 15) is 39.3 Å². The lowest BCUT2D eigenvalue weighted by Crippen LogP contribution is -2.58. The smallest absolute Gasteiger partial charge is 0.326 e. The highest BCUT2D eigenvalue weighted by Gasteiger charge is 2.39. The number of aromatic hydroxyl groups is 1. The number of likely N-dealkylation sites (tertiary alicyclic amines) is 1. The fourth-order valence-corrected chi connectivity index (χ4v) is 3.57. The lowest BCUT2D eigenvalue weighted by Gasteiger charge is -2.28. The molecule has 0 radical (unpaired) electrons. The summed E-state index contributed by atoms with van der Waals surface area (Å²) in [6, 6.07) is 0.375. The van der Waals surface area contributed by atoms with Gasteiger partial charge in [-0.05, 0) is 30.5 Å². The van der Waals surface area contributed by atoms with Gasteiger partial charge < -0.3 is 41.7 Å². The van der Waals surface area contributed by atoms with Crippen molar-refractivity contribution in [2.24, 2.45) is 5.73 Å². The van der Waals surface area contributed by atoms with E-state index in [1.54, 1.807) is 0 Å². The molecular weight excluding hydrogens is 452 g/mol. The number of carboxylic acids is 2. The molecule has 1 aromatic carbocycles. The van der Waals surface area contributed by atoms with Crippen molar-refractivity contribution in [3.05, 3.63) is 29.8 Å². The number of nitrogens with zero attached hydrogens (tertiary/aromatic N) is 1. The van der Waals surface area contributed by atoms with Crippen molar-refractivity contribution in [1.82, 2.24) is 15.5 Å². The summed E-state index contributed by atoms with van der Waals surface area (Å²) >= 11 is 0. The van der Waals surface area contributed by atoms with Crippen LogP contribution in [-0.4, -0.2) is 92.3 Å². The third kappa shape index (κ3) is 7.15. The van der Waals surface area contributed by atoms with Crippen LogP contribution in [0.25, 0.3) is 0 Å². The number of hydrogen-bond donors (Lipinski definition) is 7. The van der Waals surface area contributed by atoms with E-state index >= 15 is 0 Å². The first kappa shape index (κ1) is 26.5. The molecule has 13 heteroatoms. The largest absolute Gasteiger partial charge is 0.508 e. The fraction of sp³-hybridized carbons (Fsp3) is 0.476. The van der Waals surface area contributed by atoms with E-state index < -0.39 is 66.9 Å². The minimum atomic E-state index is -1.57. The van der Waals surface area contributed by atoms with Gasteiger partial charge in [-0.2, -0.15) is 0 Å². The van der Waals surface area contributed by atoms with Gasteiger partial charge in [0.1, 0.15) is 29.9 Å². The van der Waals surface area contributed by atoms with Crippen molar-refractivity contribution in [3.63, 3.8) is 0 Å². The molecule has 0 saturated carbocycles. The minimum absolute atomic E-state index is 0.0261. The number of aliphatic carboxylic acids is 2. The molecule has 1 heterocycles. The Labute approximate surface area is 194 Å². The third-order valence-electron chi connectivity index (χ3n) is 5.36. The van der Waals surface area contributed by atoms with Crippen LogP contribution in [0.2, 0.25) is 0 Å². The summed E-state index contributed by atoms with van der Waals surface area (Å²) in [6.07, 6.45) is -0.294. The van der Waals surface area contributed by atoms with Crippen LogP contribution >= 0.6 is 0 Å². The zero-order valence-electron chi connectivity index (χ0n) is 18.2. The van der Waals surface area contributed by atoms with Crippen LogP contribution in [0.4, 0.5) is 0 Å². The Morgan fingerprint density at radius 3 is 2.21 bits per heavy atom. The molecule has 2 rings (SSSR count). The van der Waals surface area contributed by atoms with Crippen molar-refractivity contribution < 1.29 is 44.4 Å². The summed E-state index contributed by atoms with van der Waals surface area (Å²) in [6.45, 7) is -0.591. The molecule has 0 spiro atoms. The van der Waals surface area contributed by atoms with Gasteiger partial charge in [-0.15, -0.1) is 0 Å². The number of nitrogens with two attached hydrogens (primary N) is 1. The zero-order chi connectivity index (χ0) is 25.4. The summed E-state index contributed by atoms with van der Waals surface area (Å²) in [7, 11) is 0. The number of phenols is 1. The molecule has 8 N–H and O–H groups in total. The normalized spacial score (nSPS) is 17.9. The van der Waals surface area contributed by atoms with E-state index in [4.69, 9.17) is 10.8 Å². The molecule has 186 valence electrons. The Morgan fingerprint density at radius 1 is 1.03 bits per heavy atom. The lowest BCUT2D eigenvalue weighted by atomic mass is 10.0. The Morgan fingerprint density at radius 2 is 1.65 bits per heavy atom. The van der Waals surface area contributed by atoms with Crippen LogP contribution in [-0.2, 0) is 30.4 Å². The molecule has 1 aliphatic rings. The van der Waals surface area contributed by atoms with Gasteiger partial charge in [-0.25, -0.2) is 4.79 Å². The molecule has 3 amide bonds. The minimum Gasteiger partial charge on any atom is -0.508 e. The average molecular weight is 480 g/mol. The van der Waals surface area contributed by atoms with E-state index in [0.717, 1.165) is 4.90 Å². The average Bonchev–Trinajstić information content (AvgIpc) is 3.28. The second-order valence-electron chi connectivity index (χ2n) is 7.91. The highest BCUT2D eigenvalue weighted by molar-refractivity contribution is 5.96. The van der Waals surface area contributed by atoms with E-state index in [-0.39, 0.29) is 25.1 Å². The van der Waals surface area contributed by atoms with Crippen LogP contribution in [0, 0.1) is 0 Å². The van der Waals surface area contributed by atoms with Crippen LogP contribution in [0.5, 0.6) is 5.75 Å². The maximum Gasteiger partial charge on any atom is 0.326 e. The molecular formula is C21H28N4O9. The van der Waals surface area contributed by atoms with Crippen LogP contribution in [0.3, 0.4) is 0 Å². The van der Waals surface area contributed by atoms with Crippen molar-refractivity contribution in [2.45, 2.75) is 49.9 Å². The quantitative estimate of drug-likeness (QED) is 0.181. The highest BCUT2D eigenvalue weighted by Crippen LogP contribution is 2.19. The number of amides is 3. The summed E-state index contributed by atoms with van der Waals surface area (Å²) < 4.78 is 0. The van der Waals surface area contributed by atoms with E-state index in [1.165, 1.54) is 24.3 Å². The van der Waals surface area contributed by atoms with Gasteiger partial charge in [0, 0.05) is 13.0 Å². The molecule has 0 aromatic heterocycles. The predicted octanol–water partition coefficient (Wildman–Crippen LogP) is -2.23. The first-order chi connectivity index (χ1) is 16.0. The molecule has 0 bridgehead atoms. The lowest BCUT2D eigenvalue weighted by molar-refractivity contribution is -0.150. The number of nitrogens with one attached hydrogen (secondary N) is 2. The Bertz CT molecular complexity index is 921. The maximum atomic E-state index is 13.0. The molecule has 0 aliphatic carbocycles. The Balaban J connectivity index is 2.25. The van der Waals surface area contributed by atoms with E-state index in [1.807, 2.05) is 0 Å². The monoisotopic (exact) mass is 480 g/mol. The summed E-state index contributed by atoms with van der Waals surface area (Å²) in [5.41, 5.74) is 6.02. The number of hydrogen-bond acceptors (Lipinski definition) is 8. The molecule has 1 saturated heterocycles. The second kappa shape index (κ2) is 12.0. The molecule has 1 fully saturated rings. The number of aliphatic hydroxyl groups excluding tert-OH is 1. The van der Waals surface area contributed by atoms with Crippen molar-refractivity contribution >= 4 is 29.7 Å².